The van der Waals surface area contributed by atoms with Crippen LogP contribution < -0.4 is 11.3 Å². The first-order chi connectivity index (χ1) is 12.5. The van der Waals surface area contributed by atoms with Crippen LogP contribution >= 0.6 is 0 Å². The summed E-state index contributed by atoms with van der Waals surface area (Å²) in [5.74, 6) is -1.30. The number of hydrogen-bond donors (Lipinski definition) is 1. The standard InChI is InChI=1S/C18H19FN4O3/c19-14-4-2-1-3-13(14)15-5-6-16(24)23(21-15)11-17(25)22-9-7-12(8-10-22)18(20)26/h1-6,12H,7-11H2,(H2,20,26). The van der Waals surface area contributed by atoms with Gasteiger partial charge < -0.3 is 10.6 Å². The van der Waals surface area contributed by atoms with E-state index >= 15 is 0 Å². The minimum atomic E-state index is -0.454. The van der Waals surface area contributed by atoms with Gasteiger partial charge in [-0.25, -0.2) is 9.07 Å². The Labute approximate surface area is 149 Å². The molecule has 26 heavy (non-hydrogen) atoms. The van der Waals surface area contributed by atoms with Crippen LogP contribution in [0.3, 0.4) is 0 Å². The van der Waals surface area contributed by atoms with Crippen molar-refractivity contribution in [2.75, 3.05) is 13.1 Å². The minimum absolute atomic E-state index is 0.218. The lowest BCUT2D eigenvalue weighted by atomic mass is 9.96. The lowest BCUT2D eigenvalue weighted by Crippen LogP contribution is -2.44. The summed E-state index contributed by atoms with van der Waals surface area (Å²) >= 11 is 0. The molecular weight excluding hydrogens is 339 g/mol. The first-order valence-electron chi connectivity index (χ1n) is 8.36. The number of benzene rings is 1. The highest BCUT2D eigenvalue weighted by molar-refractivity contribution is 5.78. The molecule has 8 heteroatoms. The zero-order valence-electron chi connectivity index (χ0n) is 14.1. The second-order valence-corrected chi connectivity index (χ2v) is 6.25. The van der Waals surface area contributed by atoms with Crippen LogP contribution in [-0.2, 0) is 16.1 Å². The molecule has 0 atom stereocenters. The Bertz CT molecular complexity index is 888. The molecule has 3 rings (SSSR count). The Hall–Kier alpha value is -3.03. The van der Waals surface area contributed by atoms with E-state index in [1.54, 1.807) is 23.1 Å². The largest absolute Gasteiger partial charge is 0.369 e. The van der Waals surface area contributed by atoms with Gasteiger partial charge in [0.25, 0.3) is 5.56 Å². The molecule has 2 aromatic rings. The van der Waals surface area contributed by atoms with E-state index < -0.39 is 11.4 Å². The van der Waals surface area contributed by atoms with Gasteiger partial charge in [0, 0.05) is 30.6 Å². The highest BCUT2D eigenvalue weighted by Crippen LogP contribution is 2.19. The number of nitrogens with two attached hydrogens (primary N) is 1. The van der Waals surface area contributed by atoms with Gasteiger partial charge in [0.15, 0.2) is 0 Å². The third-order valence-electron chi connectivity index (χ3n) is 4.55. The van der Waals surface area contributed by atoms with Gasteiger partial charge in [-0.2, -0.15) is 5.10 Å². The number of piperidine rings is 1. The van der Waals surface area contributed by atoms with Gasteiger partial charge in [0.2, 0.25) is 11.8 Å². The highest BCUT2D eigenvalue weighted by atomic mass is 19.1. The molecule has 1 saturated heterocycles. The van der Waals surface area contributed by atoms with E-state index in [-0.39, 0.29) is 35.5 Å². The van der Waals surface area contributed by atoms with Crippen molar-refractivity contribution in [3.8, 4) is 11.3 Å². The number of rotatable bonds is 4. The van der Waals surface area contributed by atoms with E-state index in [0.717, 1.165) is 4.68 Å². The van der Waals surface area contributed by atoms with Crippen LogP contribution in [0.2, 0.25) is 0 Å². The zero-order valence-corrected chi connectivity index (χ0v) is 14.1. The molecule has 7 nitrogen and oxygen atoms in total. The molecule has 0 spiro atoms. The topological polar surface area (TPSA) is 98.3 Å². The molecule has 1 aliphatic heterocycles. The van der Waals surface area contributed by atoms with E-state index in [9.17, 15) is 18.8 Å². The van der Waals surface area contributed by atoms with Crippen molar-refractivity contribution < 1.29 is 14.0 Å². The van der Waals surface area contributed by atoms with Crippen LogP contribution in [0, 0.1) is 11.7 Å². The van der Waals surface area contributed by atoms with Gasteiger partial charge in [-0.3, -0.25) is 14.4 Å². The van der Waals surface area contributed by atoms with Crippen molar-refractivity contribution >= 4 is 11.8 Å². The van der Waals surface area contributed by atoms with Crippen LogP contribution in [-0.4, -0.2) is 39.6 Å². The summed E-state index contributed by atoms with van der Waals surface area (Å²) < 4.78 is 15.0. The molecule has 0 saturated carbocycles. The number of likely N-dealkylation sites (tertiary alicyclic amines) is 1. The zero-order chi connectivity index (χ0) is 18.7. The van der Waals surface area contributed by atoms with Gasteiger partial charge in [0.1, 0.15) is 12.4 Å². The summed E-state index contributed by atoms with van der Waals surface area (Å²) in [6, 6.07) is 8.79. The number of hydrogen-bond acceptors (Lipinski definition) is 4. The predicted molar refractivity (Wildman–Crippen MR) is 92.4 cm³/mol. The van der Waals surface area contributed by atoms with Gasteiger partial charge in [-0.1, -0.05) is 12.1 Å². The lowest BCUT2D eigenvalue weighted by Gasteiger charge is -2.30. The molecule has 136 valence electrons. The average molecular weight is 358 g/mol. The number of carbonyl (C=O) groups excluding carboxylic acids is 2. The van der Waals surface area contributed by atoms with E-state index in [0.29, 0.717) is 25.9 Å². The molecule has 2 N–H and O–H groups in total. The Kier molecular flexibility index (Phi) is 5.11. The van der Waals surface area contributed by atoms with Crippen molar-refractivity contribution in [1.82, 2.24) is 14.7 Å². The van der Waals surface area contributed by atoms with Gasteiger partial charge in [0.05, 0.1) is 5.69 Å². The number of nitrogens with zero attached hydrogens (tertiary/aromatic N) is 3. The number of amides is 2. The molecule has 1 fully saturated rings. The fraction of sp³-hybridized carbons (Fsp3) is 0.333. The van der Waals surface area contributed by atoms with Crippen molar-refractivity contribution in [2.45, 2.75) is 19.4 Å². The fourth-order valence-corrected chi connectivity index (χ4v) is 3.02. The first-order valence-corrected chi connectivity index (χ1v) is 8.36. The van der Waals surface area contributed by atoms with Crippen molar-refractivity contribution in [1.29, 1.82) is 0 Å². The number of primary amides is 1. The smallest absolute Gasteiger partial charge is 0.267 e. The van der Waals surface area contributed by atoms with E-state index in [4.69, 9.17) is 5.73 Å². The second-order valence-electron chi connectivity index (χ2n) is 6.25. The quantitative estimate of drug-likeness (QED) is 0.873. The summed E-state index contributed by atoms with van der Waals surface area (Å²) in [4.78, 5) is 37.3. The molecule has 0 unspecified atom stereocenters. The maximum atomic E-state index is 13.9. The summed E-state index contributed by atoms with van der Waals surface area (Å²) in [7, 11) is 0. The summed E-state index contributed by atoms with van der Waals surface area (Å²) in [5, 5.41) is 4.12. The first kappa shape index (κ1) is 17.8. The second kappa shape index (κ2) is 7.47. The van der Waals surface area contributed by atoms with E-state index in [2.05, 4.69) is 5.10 Å². The molecule has 2 heterocycles. The molecular formula is C18H19FN4O3. The average Bonchev–Trinajstić information content (AvgIpc) is 2.64. The van der Waals surface area contributed by atoms with Crippen molar-refractivity contribution in [3.05, 3.63) is 52.6 Å². The maximum absolute atomic E-state index is 13.9. The van der Waals surface area contributed by atoms with Crippen molar-refractivity contribution in [3.63, 3.8) is 0 Å². The van der Waals surface area contributed by atoms with E-state index in [1.807, 2.05) is 0 Å². The van der Waals surface area contributed by atoms with Crippen LogP contribution in [0.1, 0.15) is 12.8 Å². The number of aromatic nitrogens is 2. The Morgan fingerprint density at radius 2 is 1.85 bits per heavy atom. The predicted octanol–water partition coefficient (Wildman–Crippen LogP) is 0.773. The SMILES string of the molecule is NC(=O)C1CCN(C(=O)Cn2nc(-c3ccccc3F)ccc2=O)CC1. The molecule has 1 aromatic heterocycles. The third kappa shape index (κ3) is 3.79. The van der Waals surface area contributed by atoms with Gasteiger partial charge in [-0.05, 0) is 31.0 Å². The number of carbonyl (C=O) groups is 2. The Morgan fingerprint density at radius 1 is 1.15 bits per heavy atom. The summed E-state index contributed by atoms with van der Waals surface area (Å²) in [6.07, 6.45) is 1.03. The molecule has 0 radical (unpaired) electrons. The summed E-state index contributed by atoms with van der Waals surface area (Å²) in [5.41, 5.74) is 5.39. The molecule has 2 amide bonds. The molecule has 0 bridgehead atoms. The van der Waals surface area contributed by atoms with E-state index in [1.165, 1.54) is 18.2 Å². The molecule has 1 aliphatic rings. The lowest BCUT2D eigenvalue weighted by molar-refractivity contribution is -0.135. The van der Waals surface area contributed by atoms with Crippen LogP contribution in [0.25, 0.3) is 11.3 Å². The maximum Gasteiger partial charge on any atom is 0.267 e. The summed E-state index contributed by atoms with van der Waals surface area (Å²) in [6.45, 7) is 0.588. The third-order valence-corrected chi connectivity index (χ3v) is 4.55. The monoisotopic (exact) mass is 358 g/mol. The van der Waals surface area contributed by atoms with Crippen LogP contribution in [0.4, 0.5) is 4.39 Å². The fourth-order valence-electron chi connectivity index (χ4n) is 3.02. The minimum Gasteiger partial charge on any atom is -0.369 e. The van der Waals surface area contributed by atoms with Crippen molar-refractivity contribution in [2.24, 2.45) is 11.7 Å². The molecule has 0 aliphatic carbocycles. The Morgan fingerprint density at radius 3 is 2.50 bits per heavy atom. The highest BCUT2D eigenvalue weighted by Gasteiger charge is 2.26. The number of halogens is 1. The van der Waals surface area contributed by atoms with Gasteiger partial charge >= 0.3 is 0 Å². The van der Waals surface area contributed by atoms with Crippen LogP contribution in [0.15, 0.2) is 41.2 Å². The van der Waals surface area contributed by atoms with Gasteiger partial charge in [-0.15, -0.1) is 0 Å². The normalized spacial score (nSPS) is 15.0. The molecule has 1 aromatic carbocycles. The van der Waals surface area contributed by atoms with Crippen LogP contribution in [0.5, 0.6) is 0 Å². The Balaban J connectivity index is 1.75.